The minimum Gasteiger partial charge on any atom is -0.266 e. The molecular weight excluding hydrogens is 160 g/mol. The standard InChI is InChI=1S/C7H8N2OS/c1-2-8-9-7(10)6-4-3-5-11-6/h2-5H,1H3,(H,9,10)/b8-2+. The molecule has 1 aromatic heterocycles. The van der Waals surface area contributed by atoms with E-state index in [1.165, 1.54) is 17.6 Å². The molecular formula is C7H8N2OS. The van der Waals surface area contributed by atoms with Crippen molar-refractivity contribution in [2.45, 2.75) is 6.92 Å². The lowest BCUT2D eigenvalue weighted by molar-refractivity contribution is 0.0959. The molecule has 58 valence electrons. The third kappa shape index (κ3) is 2.16. The average molecular weight is 168 g/mol. The maximum absolute atomic E-state index is 11.1. The minimum absolute atomic E-state index is 0.155. The number of hydrazone groups is 1. The van der Waals surface area contributed by atoms with Crippen molar-refractivity contribution in [2.75, 3.05) is 0 Å². The van der Waals surface area contributed by atoms with Gasteiger partial charge in [-0.05, 0) is 18.4 Å². The summed E-state index contributed by atoms with van der Waals surface area (Å²) < 4.78 is 0. The average Bonchev–Trinajstić information content (AvgIpc) is 2.52. The van der Waals surface area contributed by atoms with Gasteiger partial charge in [0, 0.05) is 6.21 Å². The Morgan fingerprint density at radius 2 is 2.64 bits per heavy atom. The highest BCUT2D eigenvalue weighted by molar-refractivity contribution is 7.12. The molecule has 1 aromatic rings. The van der Waals surface area contributed by atoms with Gasteiger partial charge >= 0.3 is 0 Å². The zero-order valence-corrected chi connectivity index (χ0v) is 6.89. The van der Waals surface area contributed by atoms with E-state index in [4.69, 9.17) is 0 Å². The van der Waals surface area contributed by atoms with Crippen molar-refractivity contribution in [3.8, 4) is 0 Å². The topological polar surface area (TPSA) is 41.5 Å². The highest BCUT2D eigenvalue weighted by atomic mass is 32.1. The molecule has 0 unspecified atom stereocenters. The van der Waals surface area contributed by atoms with E-state index in [-0.39, 0.29) is 5.91 Å². The van der Waals surface area contributed by atoms with Crippen LogP contribution in [0.4, 0.5) is 0 Å². The van der Waals surface area contributed by atoms with Crippen LogP contribution in [0.2, 0.25) is 0 Å². The summed E-state index contributed by atoms with van der Waals surface area (Å²) in [5.74, 6) is -0.155. The molecule has 0 saturated heterocycles. The fourth-order valence-electron chi connectivity index (χ4n) is 0.586. The summed E-state index contributed by atoms with van der Waals surface area (Å²) in [6, 6.07) is 3.58. The molecule has 0 aliphatic carbocycles. The Morgan fingerprint density at radius 1 is 1.82 bits per heavy atom. The maximum atomic E-state index is 11.1. The number of carbonyl (C=O) groups is 1. The van der Waals surface area contributed by atoms with Gasteiger partial charge in [0.15, 0.2) is 0 Å². The highest BCUT2D eigenvalue weighted by Gasteiger charge is 2.02. The first kappa shape index (κ1) is 7.94. The zero-order valence-electron chi connectivity index (χ0n) is 6.07. The lowest BCUT2D eigenvalue weighted by atomic mass is 10.5. The van der Waals surface area contributed by atoms with Gasteiger partial charge in [-0.3, -0.25) is 4.79 Å². The second-order valence-electron chi connectivity index (χ2n) is 1.81. The van der Waals surface area contributed by atoms with Crippen LogP contribution in [-0.4, -0.2) is 12.1 Å². The molecule has 4 heteroatoms. The molecule has 0 radical (unpaired) electrons. The Hall–Kier alpha value is -1.16. The second-order valence-corrected chi connectivity index (χ2v) is 2.75. The van der Waals surface area contributed by atoms with E-state index in [0.717, 1.165) is 0 Å². The lowest BCUT2D eigenvalue weighted by Gasteiger charge is -1.92. The molecule has 0 aliphatic heterocycles. The van der Waals surface area contributed by atoms with E-state index in [1.54, 1.807) is 13.0 Å². The Balaban J connectivity index is 2.56. The fourth-order valence-corrected chi connectivity index (χ4v) is 1.20. The molecule has 0 aliphatic rings. The van der Waals surface area contributed by atoms with Gasteiger partial charge in [-0.25, -0.2) is 5.43 Å². The summed E-state index contributed by atoms with van der Waals surface area (Å²) >= 11 is 1.40. The molecule has 0 saturated carbocycles. The number of rotatable bonds is 2. The molecule has 3 nitrogen and oxygen atoms in total. The number of carbonyl (C=O) groups excluding carboxylic acids is 1. The summed E-state index contributed by atoms with van der Waals surface area (Å²) in [5, 5.41) is 5.46. The van der Waals surface area contributed by atoms with Crippen LogP contribution < -0.4 is 5.43 Å². The molecule has 1 N–H and O–H groups in total. The largest absolute Gasteiger partial charge is 0.281 e. The number of hydrogen-bond donors (Lipinski definition) is 1. The van der Waals surface area contributed by atoms with E-state index in [1.807, 2.05) is 11.4 Å². The molecule has 1 rings (SSSR count). The van der Waals surface area contributed by atoms with E-state index in [9.17, 15) is 4.79 Å². The monoisotopic (exact) mass is 168 g/mol. The second kappa shape index (κ2) is 3.88. The zero-order chi connectivity index (χ0) is 8.10. The normalized spacial score (nSPS) is 10.3. The van der Waals surface area contributed by atoms with Crippen molar-refractivity contribution < 1.29 is 4.79 Å². The van der Waals surface area contributed by atoms with E-state index >= 15 is 0 Å². The Kier molecular flexibility index (Phi) is 2.80. The van der Waals surface area contributed by atoms with Crippen molar-refractivity contribution >= 4 is 23.5 Å². The SMILES string of the molecule is C/C=N/NC(=O)c1cccs1. The van der Waals surface area contributed by atoms with Crippen molar-refractivity contribution in [1.82, 2.24) is 5.43 Å². The summed E-state index contributed by atoms with van der Waals surface area (Å²) in [5.41, 5.74) is 2.38. The number of thiophene rings is 1. The number of nitrogens with zero attached hydrogens (tertiary/aromatic N) is 1. The number of amides is 1. The van der Waals surface area contributed by atoms with Crippen LogP contribution in [0.5, 0.6) is 0 Å². The van der Waals surface area contributed by atoms with Crippen LogP contribution >= 0.6 is 11.3 Å². The summed E-state index contributed by atoms with van der Waals surface area (Å²) in [4.78, 5) is 11.7. The summed E-state index contributed by atoms with van der Waals surface area (Å²) in [6.45, 7) is 1.74. The smallest absolute Gasteiger partial charge is 0.266 e. The molecule has 0 atom stereocenters. The van der Waals surface area contributed by atoms with Crippen molar-refractivity contribution in [1.29, 1.82) is 0 Å². The molecule has 0 bridgehead atoms. The molecule has 1 amide bonds. The first-order valence-electron chi connectivity index (χ1n) is 3.16. The minimum atomic E-state index is -0.155. The first-order chi connectivity index (χ1) is 5.34. The quantitative estimate of drug-likeness (QED) is 0.527. The van der Waals surface area contributed by atoms with Crippen LogP contribution in [-0.2, 0) is 0 Å². The van der Waals surface area contributed by atoms with Gasteiger partial charge in [0.05, 0.1) is 4.88 Å². The van der Waals surface area contributed by atoms with Gasteiger partial charge in [0.25, 0.3) is 5.91 Å². The number of nitrogens with one attached hydrogen (secondary N) is 1. The van der Waals surface area contributed by atoms with Gasteiger partial charge in [-0.2, -0.15) is 5.10 Å². The lowest BCUT2D eigenvalue weighted by Crippen LogP contribution is -2.15. The van der Waals surface area contributed by atoms with E-state index in [0.29, 0.717) is 4.88 Å². The van der Waals surface area contributed by atoms with Crippen molar-refractivity contribution in [2.24, 2.45) is 5.10 Å². The fraction of sp³-hybridized carbons (Fsp3) is 0.143. The molecule has 1 heterocycles. The van der Waals surface area contributed by atoms with Crippen LogP contribution in [0.15, 0.2) is 22.6 Å². The molecule has 11 heavy (non-hydrogen) atoms. The van der Waals surface area contributed by atoms with Crippen LogP contribution in [0.1, 0.15) is 16.6 Å². The van der Waals surface area contributed by atoms with Gasteiger partial charge in [-0.1, -0.05) is 6.07 Å². The predicted octanol–water partition coefficient (Wildman–Crippen LogP) is 1.48. The Labute approximate surface area is 68.7 Å². The summed E-state index contributed by atoms with van der Waals surface area (Å²) in [7, 11) is 0. The van der Waals surface area contributed by atoms with Gasteiger partial charge in [0.1, 0.15) is 0 Å². The van der Waals surface area contributed by atoms with Gasteiger partial charge in [0.2, 0.25) is 0 Å². The van der Waals surface area contributed by atoms with Crippen molar-refractivity contribution in [3.63, 3.8) is 0 Å². The highest BCUT2D eigenvalue weighted by Crippen LogP contribution is 2.07. The third-order valence-corrected chi connectivity index (χ3v) is 1.91. The number of hydrogen-bond acceptors (Lipinski definition) is 3. The first-order valence-corrected chi connectivity index (χ1v) is 4.04. The predicted molar refractivity (Wildman–Crippen MR) is 46.0 cm³/mol. The maximum Gasteiger partial charge on any atom is 0.281 e. The van der Waals surface area contributed by atoms with Crippen molar-refractivity contribution in [3.05, 3.63) is 22.4 Å². The van der Waals surface area contributed by atoms with Gasteiger partial charge < -0.3 is 0 Å². The Bertz CT molecular complexity index is 253. The van der Waals surface area contributed by atoms with Crippen LogP contribution in [0.25, 0.3) is 0 Å². The van der Waals surface area contributed by atoms with E-state index in [2.05, 4.69) is 10.5 Å². The van der Waals surface area contributed by atoms with Gasteiger partial charge in [-0.15, -0.1) is 11.3 Å². The van der Waals surface area contributed by atoms with Crippen LogP contribution in [0, 0.1) is 0 Å². The van der Waals surface area contributed by atoms with E-state index < -0.39 is 0 Å². The molecule has 0 fully saturated rings. The summed E-state index contributed by atoms with van der Waals surface area (Å²) in [6.07, 6.45) is 1.53. The third-order valence-electron chi connectivity index (χ3n) is 1.04. The molecule has 0 aromatic carbocycles. The Morgan fingerprint density at radius 3 is 3.18 bits per heavy atom. The van der Waals surface area contributed by atoms with Crippen LogP contribution in [0.3, 0.4) is 0 Å². The molecule has 0 spiro atoms.